The van der Waals surface area contributed by atoms with Crippen LogP contribution in [0.5, 0.6) is 0 Å². The molecule has 2 N–H and O–H groups in total. The van der Waals surface area contributed by atoms with Crippen molar-refractivity contribution in [1.29, 1.82) is 0 Å². The van der Waals surface area contributed by atoms with Crippen LogP contribution >= 0.6 is 12.4 Å². The number of aryl methyl sites for hydroxylation is 1. The average Bonchev–Trinajstić information content (AvgIpc) is 3.33. The van der Waals surface area contributed by atoms with E-state index in [1.807, 2.05) is 36.4 Å². The first-order valence-corrected chi connectivity index (χ1v) is 11.0. The number of hydrogen-bond donors (Lipinski definition) is 2. The number of unbranched alkanes of at least 4 members (excludes halogenated alkanes) is 1. The molecule has 2 aromatic carbocycles. The zero-order valence-electron chi connectivity index (χ0n) is 19.3. The van der Waals surface area contributed by atoms with E-state index in [1.165, 1.54) is 11.1 Å². The van der Waals surface area contributed by atoms with Gasteiger partial charge in [0.25, 0.3) is 5.89 Å². The van der Waals surface area contributed by atoms with Crippen LogP contribution < -0.4 is 5.32 Å². The third-order valence-electron chi connectivity index (χ3n) is 5.43. The largest absolute Gasteiger partial charge is 0.396 e. The minimum absolute atomic E-state index is 0. The molecule has 0 aliphatic carbocycles. The molecule has 4 rings (SSSR count). The Bertz CT molecular complexity index is 1190. The number of nitrogens with zero attached hydrogens (tertiary/aromatic N) is 3. The van der Waals surface area contributed by atoms with Gasteiger partial charge in [0.1, 0.15) is 5.82 Å². The van der Waals surface area contributed by atoms with Crippen molar-refractivity contribution in [2.45, 2.75) is 26.4 Å². The molecule has 0 unspecified atom stereocenters. The Morgan fingerprint density at radius 2 is 1.82 bits per heavy atom. The third-order valence-corrected chi connectivity index (χ3v) is 5.43. The third kappa shape index (κ3) is 5.99. The van der Waals surface area contributed by atoms with Crippen LogP contribution in [0, 0.1) is 6.92 Å². The number of nitrogens with one attached hydrogen (secondary N) is 1. The van der Waals surface area contributed by atoms with E-state index >= 15 is 0 Å². The molecule has 0 aliphatic heterocycles. The van der Waals surface area contributed by atoms with Gasteiger partial charge in [-0.2, -0.15) is 4.98 Å². The first-order chi connectivity index (χ1) is 16.2. The fourth-order valence-electron chi connectivity index (χ4n) is 3.68. The first kappa shape index (κ1) is 25.4. The Morgan fingerprint density at radius 1 is 1.00 bits per heavy atom. The molecule has 0 atom stereocenters. The SMILES string of the molecule is COCc1cc(-c2nc(-c3ccc(NCCCCO)nc3)no2)ccc1-c1ccccc1C.Cl. The van der Waals surface area contributed by atoms with Crippen LogP contribution in [0.4, 0.5) is 5.82 Å². The Balaban J connectivity index is 0.00000324. The second kappa shape index (κ2) is 12.3. The van der Waals surface area contributed by atoms with Crippen molar-refractivity contribution < 1.29 is 14.4 Å². The van der Waals surface area contributed by atoms with Crippen LogP contribution in [0.25, 0.3) is 34.0 Å². The Morgan fingerprint density at radius 3 is 2.56 bits per heavy atom. The Labute approximate surface area is 205 Å². The normalized spacial score (nSPS) is 10.7. The van der Waals surface area contributed by atoms with E-state index in [4.69, 9.17) is 14.4 Å². The van der Waals surface area contributed by atoms with Crippen LogP contribution in [0.15, 0.2) is 65.3 Å². The summed E-state index contributed by atoms with van der Waals surface area (Å²) in [5.74, 6) is 1.71. The van der Waals surface area contributed by atoms with Gasteiger partial charge in [-0.05, 0) is 66.3 Å². The molecule has 0 aliphatic rings. The smallest absolute Gasteiger partial charge is 0.258 e. The molecule has 0 amide bonds. The number of methoxy groups -OCH3 is 1. The highest BCUT2D eigenvalue weighted by Gasteiger charge is 2.15. The van der Waals surface area contributed by atoms with E-state index in [9.17, 15) is 0 Å². The molecular weight excluding hydrogens is 452 g/mol. The summed E-state index contributed by atoms with van der Waals surface area (Å²) in [4.78, 5) is 9.00. The molecule has 0 radical (unpaired) electrons. The lowest BCUT2D eigenvalue weighted by Gasteiger charge is -2.12. The number of aliphatic hydroxyl groups excluding tert-OH is 1. The highest BCUT2D eigenvalue weighted by Crippen LogP contribution is 2.31. The summed E-state index contributed by atoms with van der Waals surface area (Å²) in [7, 11) is 1.69. The first-order valence-electron chi connectivity index (χ1n) is 11.0. The van der Waals surface area contributed by atoms with Crippen molar-refractivity contribution in [3.05, 3.63) is 71.9 Å². The molecule has 0 fully saturated rings. The predicted octanol–water partition coefficient (Wildman–Crippen LogP) is 5.53. The monoisotopic (exact) mass is 480 g/mol. The number of hydrogen-bond acceptors (Lipinski definition) is 7. The molecule has 178 valence electrons. The van der Waals surface area contributed by atoms with Crippen molar-refractivity contribution in [3.63, 3.8) is 0 Å². The second-order valence-electron chi connectivity index (χ2n) is 7.83. The molecule has 0 saturated carbocycles. The number of benzene rings is 2. The van der Waals surface area contributed by atoms with Gasteiger partial charge in [0.2, 0.25) is 5.82 Å². The maximum Gasteiger partial charge on any atom is 0.258 e. The Kier molecular flexibility index (Phi) is 9.16. The lowest BCUT2D eigenvalue weighted by molar-refractivity contribution is 0.185. The second-order valence-corrected chi connectivity index (χ2v) is 7.83. The van der Waals surface area contributed by atoms with Gasteiger partial charge in [0, 0.05) is 37.6 Å². The topological polar surface area (TPSA) is 93.3 Å². The lowest BCUT2D eigenvalue weighted by atomic mass is 9.94. The van der Waals surface area contributed by atoms with Gasteiger partial charge in [-0.25, -0.2) is 4.98 Å². The van der Waals surface area contributed by atoms with Crippen molar-refractivity contribution in [2.24, 2.45) is 0 Å². The number of aliphatic hydroxyl groups is 1. The predicted molar refractivity (Wildman–Crippen MR) is 136 cm³/mol. The molecule has 2 heterocycles. The van der Waals surface area contributed by atoms with Gasteiger partial charge in [-0.15, -0.1) is 12.4 Å². The molecule has 2 aromatic heterocycles. The van der Waals surface area contributed by atoms with Crippen LogP contribution in [0.1, 0.15) is 24.0 Å². The van der Waals surface area contributed by atoms with E-state index < -0.39 is 0 Å². The van der Waals surface area contributed by atoms with E-state index in [2.05, 4.69) is 45.6 Å². The van der Waals surface area contributed by atoms with Crippen LogP contribution in [-0.4, -0.2) is 40.5 Å². The lowest BCUT2D eigenvalue weighted by Crippen LogP contribution is -2.03. The summed E-state index contributed by atoms with van der Waals surface area (Å²) in [6.07, 6.45) is 3.39. The number of rotatable bonds is 10. The summed E-state index contributed by atoms with van der Waals surface area (Å²) < 4.78 is 11.0. The maximum atomic E-state index is 8.86. The number of pyridine rings is 1. The maximum absolute atomic E-state index is 8.86. The van der Waals surface area contributed by atoms with Gasteiger partial charge in [0.05, 0.1) is 6.61 Å². The molecular formula is C26H29ClN4O3. The quantitative estimate of drug-likeness (QED) is 0.288. The van der Waals surface area contributed by atoms with Gasteiger partial charge in [0.15, 0.2) is 0 Å². The van der Waals surface area contributed by atoms with Gasteiger partial charge in [-0.1, -0.05) is 35.5 Å². The minimum Gasteiger partial charge on any atom is -0.396 e. The van der Waals surface area contributed by atoms with Crippen molar-refractivity contribution in [1.82, 2.24) is 15.1 Å². The van der Waals surface area contributed by atoms with E-state index in [0.717, 1.165) is 47.5 Å². The minimum atomic E-state index is 0. The van der Waals surface area contributed by atoms with E-state index in [-0.39, 0.29) is 19.0 Å². The highest BCUT2D eigenvalue weighted by molar-refractivity contribution is 5.85. The number of aromatic nitrogens is 3. The molecule has 8 heteroatoms. The number of anilines is 1. The average molecular weight is 481 g/mol. The molecule has 4 aromatic rings. The molecule has 0 bridgehead atoms. The van der Waals surface area contributed by atoms with Crippen molar-refractivity contribution >= 4 is 18.2 Å². The number of ether oxygens (including phenoxy) is 1. The highest BCUT2D eigenvalue weighted by atomic mass is 35.5. The molecule has 7 nitrogen and oxygen atoms in total. The van der Waals surface area contributed by atoms with Crippen molar-refractivity contribution in [2.75, 3.05) is 25.6 Å². The Hall–Kier alpha value is -3.26. The summed E-state index contributed by atoms with van der Waals surface area (Å²) in [5, 5.41) is 16.2. The summed E-state index contributed by atoms with van der Waals surface area (Å²) in [6.45, 7) is 3.56. The standard InChI is InChI=1S/C26H28N4O3.ClH/c1-18-7-3-4-8-22(18)23-11-9-19(15-21(23)17-32-2)26-29-25(30-33-26)20-10-12-24(28-16-20)27-13-5-6-14-31;/h3-4,7-12,15-16,31H,5-6,13-14,17H2,1-2H3,(H,27,28);1H. The fourth-order valence-corrected chi connectivity index (χ4v) is 3.68. The van der Waals surface area contributed by atoms with Crippen LogP contribution in [0.3, 0.4) is 0 Å². The van der Waals surface area contributed by atoms with Crippen molar-refractivity contribution in [3.8, 4) is 34.0 Å². The van der Waals surface area contributed by atoms with Gasteiger partial charge < -0.3 is 19.7 Å². The summed E-state index contributed by atoms with van der Waals surface area (Å²) >= 11 is 0. The molecule has 0 spiro atoms. The van der Waals surface area contributed by atoms with E-state index in [1.54, 1.807) is 13.3 Å². The van der Waals surface area contributed by atoms with Gasteiger partial charge in [-0.3, -0.25) is 0 Å². The summed E-state index contributed by atoms with van der Waals surface area (Å²) in [6, 6.07) is 18.2. The zero-order chi connectivity index (χ0) is 23.0. The summed E-state index contributed by atoms with van der Waals surface area (Å²) in [5.41, 5.74) is 6.19. The molecule has 0 saturated heterocycles. The fraction of sp³-hybridized carbons (Fsp3) is 0.269. The van der Waals surface area contributed by atoms with Gasteiger partial charge >= 0.3 is 0 Å². The number of halogens is 1. The van der Waals surface area contributed by atoms with Crippen LogP contribution in [0.2, 0.25) is 0 Å². The molecule has 34 heavy (non-hydrogen) atoms. The van der Waals surface area contributed by atoms with Crippen LogP contribution in [-0.2, 0) is 11.3 Å². The van der Waals surface area contributed by atoms with E-state index in [0.29, 0.717) is 18.3 Å². The zero-order valence-corrected chi connectivity index (χ0v) is 20.1.